The number of ether oxygens (including phenoxy) is 1. The van der Waals surface area contributed by atoms with E-state index in [0.29, 0.717) is 58.4 Å². The van der Waals surface area contributed by atoms with Crippen LogP contribution >= 0.6 is 0 Å². The third kappa shape index (κ3) is 20.1. The summed E-state index contributed by atoms with van der Waals surface area (Å²) in [6.45, 7) is 12.6. The van der Waals surface area contributed by atoms with Crippen molar-refractivity contribution in [3.8, 4) is 0 Å². The first-order valence-electron chi connectivity index (χ1n) is 29.9. The number of anilines is 6. The summed E-state index contributed by atoms with van der Waals surface area (Å²) in [6, 6.07) is 37.4. The first-order valence-corrected chi connectivity index (χ1v) is 32.8. The molecule has 0 saturated carbocycles. The molecule has 3 aromatic heterocycles. The van der Waals surface area contributed by atoms with Crippen LogP contribution in [0.1, 0.15) is 110 Å². The van der Waals surface area contributed by atoms with Crippen molar-refractivity contribution in [2.45, 2.75) is 49.8 Å². The van der Waals surface area contributed by atoms with Crippen molar-refractivity contribution in [3.63, 3.8) is 0 Å². The number of hydrogen-bond donors (Lipinski definition) is 5. The van der Waals surface area contributed by atoms with Gasteiger partial charge in [0.15, 0.2) is 0 Å². The highest BCUT2D eigenvalue weighted by molar-refractivity contribution is 7.89. The summed E-state index contributed by atoms with van der Waals surface area (Å²) in [6.07, 6.45) is 0. The van der Waals surface area contributed by atoms with Gasteiger partial charge in [-0.05, 0) is 123 Å². The van der Waals surface area contributed by atoms with Gasteiger partial charge in [0.2, 0.25) is 37.9 Å². The molecule has 0 bridgehead atoms. The highest BCUT2D eigenvalue weighted by Crippen LogP contribution is 2.27. The molecule has 5 N–H and O–H groups in total. The third-order valence-electron chi connectivity index (χ3n) is 14.1. The lowest BCUT2D eigenvalue weighted by Crippen LogP contribution is -2.37. The van der Waals surface area contributed by atoms with Gasteiger partial charge in [-0.1, -0.05) is 39.0 Å². The Balaban J connectivity index is 0.000000209. The summed E-state index contributed by atoms with van der Waals surface area (Å²) in [4.78, 5) is 118. The molecule has 4 heterocycles. The molecule has 0 unspecified atom stereocenters. The number of hydrogen-bond acceptors (Lipinski definition) is 19. The van der Waals surface area contributed by atoms with Gasteiger partial charge in [-0.3, -0.25) is 49.5 Å². The summed E-state index contributed by atoms with van der Waals surface area (Å²) in [5, 5.41) is 13.2. The third-order valence-corrected chi connectivity index (χ3v) is 17.8. The van der Waals surface area contributed by atoms with E-state index >= 15 is 0 Å². The number of amides is 7. The molecule has 1 aliphatic heterocycles. The minimum absolute atomic E-state index is 0.0191. The van der Waals surface area contributed by atoms with E-state index < -0.39 is 43.7 Å². The molecule has 30 heteroatoms. The van der Waals surface area contributed by atoms with E-state index in [1.165, 1.54) is 105 Å². The standard InChI is InChI=1S/C25H26N6O4.C23H26N6O6S2.C19H24N4O2/c1-15-14-20(27-21(32)16-6-10-18(11-7-16)23(34)30(2)3)28-25(26-15)29-22(33)17-8-12-19(13-9-17)24(35)31(4)5;1-15-14-20(25-21(30)16-6-10-18(11-7-16)36(32,33)28(2)3)26-23(24-15)27-22(31)17-8-12-19(13-9-17)37(34,35)29(4)5;1-19(2,3)15-13-16(23-9-11-25-12-10-23)21-18(20-15)22-17(24)14-7-5-4-6-8-14/h6-14H,1-5H3,(H2,26,27,28,29,32,33);6-14H,1-5H3,(H2,24,25,26,27,30,31);4-8,13H,9-12H2,1-3H3,(H,20,21,22,24). The second-order valence-electron chi connectivity index (χ2n) is 23.5. The Bertz CT molecular complexity index is 4210. The number of nitrogens with zero attached hydrogens (tertiary/aromatic N) is 11. The van der Waals surface area contributed by atoms with E-state index in [1.54, 1.807) is 96.6 Å². The lowest BCUT2D eigenvalue weighted by molar-refractivity contribution is 0.0820. The maximum atomic E-state index is 12.7. The summed E-state index contributed by atoms with van der Waals surface area (Å²) in [5.41, 5.74) is 4.30. The maximum absolute atomic E-state index is 12.7. The Morgan fingerprint density at radius 3 is 1.07 bits per heavy atom. The maximum Gasteiger partial charge on any atom is 0.258 e. The molecule has 5 aromatic carbocycles. The van der Waals surface area contributed by atoms with Crippen molar-refractivity contribution < 1.29 is 55.1 Å². The normalized spacial score (nSPS) is 12.2. The monoisotopic (exact) mass is 1360 g/mol. The fourth-order valence-electron chi connectivity index (χ4n) is 8.72. The molecule has 0 atom stereocenters. The zero-order valence-corrected chi connectivity index (χ0v) is 57.5. The number of morpholine rings is 1. The van der Waals surface area contributed by atoms with Gasteiger partial charge in [0.05, 0.1) is 28.7 Å². The number of aryl methyl sites for hydroxylation is 2. The van der Waals surface area contributed by atoms with E-state index in [-0.39, 0.29) is 67.6 Å². The Labute approximate surface area is 563 Å². The average molecular weight is 1360 g/mol. The molecule has 1 saturated heterocycles. The minimum Gasteiger partial charge on any atom is -0.378 e. The summed E-state index contributed by atoms with van der Waals surface area (Å²) >= 11 is 0. The molecule has 508 valence electrons. The van der Waals surface area contributed by atoms with E-state index in [0.717, 1.165) is 33.2 Å². The van der Waals surface area contributed by atoms with Crippen LogP contribution in [0.3, 0.4) is 0 Å². The first kappa shape index (κ1) is 73.6. The van der Waals surface area contributed by atoms with E-state index in [1.807, 2.05) is 24.3 Å². The zero-order valence-electron chi connectivity index (χ0n) is 55.8. The van der Waals surface area contributed by atoms with E-state index in [4.69, 9.17) is 4.74 Å². The largest absolute Gasteiger partial charge is 0.378 e. The summed E-state index contributed by atoms with van der Waals surface area (Å²) in [5.74, 6) is -1.11. The SMILES string of the molecule is CC(C)(C)c1cc(N2CCOCC2)nc(NC(=O)c2ccccc2)n1.Cc1cc(NC(=O)c2ccc(C(=O)N(C)C)cc2)nc(NC(=O)c2ccc(C(=O)N(C)C)cc2)n1.Cc1cc(NC(=O)c2ccc(S(=O)(=O)N(C)C)cc2)nc(NC(=O)c2ccc(S(=O)(=O)N(C)C)cc2)n1. The number of carbonyl (C=O) groups is 7. The molecule has 9 rings (SSSR count). The molecule has 8 aromatic rings. The number of sulfonamides is 2. The zero-order chi connectivity index (χ0) is 71.1. The smallest absolute Gasteiger partial charge is 0.258 e. The van der Waals surface area contributed by atoms with Gasteiger partial charge in [-0.2, -0.15) is 15.0 Å². The van der Waals surface area contributed by atoms with Crippen molar-refractivity contribution in [3.05, 3.63) is 202 Å². The molecule has 7 amide bonds. The molecular weight excluding hydrogens is 1280 g/mol. The first-order chi connectivity index (χ1) is 45.7. The molecule has 28 nitrogen and oxygen atoms in total. The fourth-order valence-corrected chi connectivity index (χ4v) is 10.5. The Morgan fingerprint density at radius 1 is 0.412 bits per heavy atom. The second-order valence-corrected chi connectivity index (χ2v) is 27.8. The molecule has 97 heavy (non-hydrogen) atoms. The quantitative estimate of drug-likeness (QED) is 0.0595. The Hall–Kier alpha value is -10.8. The second kappa shape index (κ2) is 32.1. The van der Waals surface area contributed by atoms with Crippen LogP contribution < -0.4 is 31.5 Å². The van der Waals surface area contributed by atoms with Crippen LogP contribution in [0.5, 0.6) is 0 Å². The molecule has 1 aliphatic rings. The topological polar surface area (TPSA) is 351 Å². The van der Waals surface area contributed by atoms with E-state index in [2.05, 4.69) is 82.2 Å². The van der Waals surface area contributed by atoms with Crippen molar-refractivity contribution >= 4 is 96.7 Å². The predicted molar refractivity (Wildman–Crippen MR) is 367 cm³/mol. The van der Waals surface area contributed by atoms with Gasteiger partial charge in [0.1, 0.15) is 17.5 Å². The van der Waals surface area contributed by atoms with Gasteiger partial charge in [0, 0.05) is 143 Å². The molecular formula is C67H76N16O12S2. The van der Waals surface area contributed by atoms with Gasteiger partial charge in [-0.15, -0.1) is 0 Å². The van der Waals surface area contributed by atoms with Crippen molar-refractivity contribution in [2.24, 2.45) is 0 Å². The van der Waals surface area contributed by atoms with Crippen LogP contribution in [0.2, 0.25) is 0 Å². The van der Waals surface area contributed by atoms with Crippen LogP contribution in [-0.2, 0) is 30.2 Å². The number of rotatable bonds is 17. The van der Waals surface area contributed by atoms with Crippen molar-refractivity contribution in [2.75, 3.05) is 114 Å². The van der Waals surface area contributed by atoms with Gasteiger partial charge >= 0.3 is 0 Å². The number of nitrogens with one attached hydrogen (secondary N) is 5. The summed E-state index contributed by atoms with van der Waals surface area (Å²) < 4.78 is 56.4. The minimum atomic E-state index is -3.63. The van der Waals surface area contributed by atoms with Gasteiger partial charge in [-0.25, -0.2) is 40.4 Å². The highest BCUT2D eigenvalue weighted by Gasteiger charge is 2.24. The van der Waals surface area contributed by atoms with Gasteiger partial charge < -0.3 is 30.1 Å². The predicted octanol–water partition coefficient (Wildman–Crippen LogP) is 7.35. The van der Waals surface area contributed by atoms with E-state index in [9.17, 15) is 50.4 Å². The number of carbonyl (C=O) groups excluding carboxylic acids is 7. The van der Waals surface area contributed by atoms with Crippen LogP contribution in [0, 0.1) is 13.8 Å². The Kier molecular flexibility index (Phi) is 24.4. The van der Waals surface area contributed by atoms with Crippen LogP contribution in [0.4, 0.5) is 35.3 Å². The molecule has 1 fully saturated rings. The van der Waals surface area contributed by atoms with Crippen molar-refractivity contribution in [1.82, 2.24) is 48.3 Å². The average Bonchev–Trinajstić information content (AvgIpc) is 0.836. The number of aromatic nitrogens is 6. The fraction of sp³-hybridized carbons (Fsp3) is 0.269. The molecule has 0 spiro atoms. The van der Waals surface area contributed by atoms with Crippen LogP contribution in [0.15, 0.2) is 155 Å². The lowest BCUT2D eigenvalue weighted by atomic mass is 9.92. The number of benzene rings is 5. The van der Waals surface area contributed by atoms with Gasteiger partial charge in [0.25, 0.3) is 41.4 Å². The summed E-state index contributed by atoms with van der Waals surface area (Å²) in [7, 11) is 4.98. The molecule has 0 radical (unpaired) electrons. The van der Waals surface area contributed by atoms with Crippen molar-refractivity contribution in [1.29, 1.82) is 0 Å². The lowest BCUT2D eigenvalue weighted by Gasteiger charge is -2.29. The molecule has 0 aliphatic carbocycles. The van der Waals surface area contributed by atoms with Crippen LogP contribution in [0.25, 0.3) is 0 Å². The Morgan fingerprint density at radius 2 is 0.732 bits per heavy atom. The highest BCUT2D eigenvalue weighted by atomic mass is 32.2. The van der Waals surface area contributed by atoms with Crippen LogP contribution in [-0.4, -0.2) is 189 Å².